The molecule has 15 heteroatoms. The number of benzene rings is 2. The highest BCUT2D eigenvalue weighted by atomic mass is 32.2. The van der Waals surface area contributed by atoms with Crippen LogP contribution < -0.4 is 10.6 Å². The van der Waals surface area contributed by atoms with Crippen molar-refractivity contribution < 1.29 is 50.4 Å². The number of carbonyl (C=O) groups excluding carboxylic acids is 7. The highest BCUT2D eigenvalue weighted by Crippen LogP contribution is 2.32. The minimum atomic E-state index is -3.18. The van der Waals surface area contributed by atoms with Gasteiger partial charge in [-0.2, -0.15) is 0 Å². The van der Waals surface area contributed by atoms with E-state index in [-0.39, 0.29) is 81.3 Å². The lowest BCUT2D eigenvalue weighted by atomic mass is 9.96. The predicted octanol–water partition coefficient (Wildman–Crippen LogP) is 0.00980. The predicted molar refractivity (Wildman–Crippen MR) is 160 cm³/mol. The van der Waals surface area contributed by atoms with Gasteiger partial charge in [-0.1, -0.05) is 12.1 Å². The van der Waals surface area contributed by atoms with Crippen LogP contribution in [0.25, 0.3) is 0 Å². The summed E-state index contributed by atoms with van der Waals surface area (Å²) in [6.07, 6.45) is 0.734. The molecule has 6 rings (SSSR count). The lowest BCUT2D eigenvalue weighted by molar-refractivity contribution is -0.123. The lowest BCUT2D eigenvalue weighted by Crippen LogP contribution is -2.39. The molecule has 240 valence electrons. The number of Topliss-reactive ketones (excluding diaryl/α,β-unsaturated/α-hetero) is 4. The molecule has 0 aromatic heterocycles. The van der Waals surface area contributed by atoms with Gasteiger partial charge in [-0.15, -0.1) is 0 Å². The summed E-state index contributed by atoms with van der Waals surface area (Å²) < 4.78 is 46.7. The van der Waals surface area contributed by atoms with E-state index in [0.717, 1.165) is 0 Å². The minimum Gasteiger partial charge on any atom is -0.355 e. The first kappa shape index (κ1) is 31.6. The van der Waals surface area contributed by atoms with Crippen molar-refractivity contribution in [2.75, 3.05) is 36.1 Å². The molecular weight excluding hydrogens is 640 g/mol. The third-order valence-electron chi connectivity index (χ3n) is 8.98. The van der Waals surface area contributed by atoms with Crippen LogP contribution in [0.15, 0.2) is 36.4 Å². The molecule has 0 radical (unpaired) electrons. The molecule has 4 unspecified atom stereocenters. The molecule has 2 aromatic rings. The van der Waals surface area contributed by atoms with Crippen LogP contribution in [0.4, 0.5) is 0 Å². The number of ketones is 5. The third-order valence-corrected chi connectivity index (χ3v) is 12.7. The van der Waals surface area contributed by atoms with Crippen molar-refractivity contribution in [3.05, 3.63) is 69.8 Å². The van der Waals surface area contributed by atoms with Crippen molar-refractivity contribution in [1.29, 1.82) is 0 Å². The molecule has 2 fully saturated rings. The molecule has 2 heterocycles. The molecule has 4 aliphatic rings. The second kappa shape index (κ2) is 11.5. The average molecular weight is 669 g/mol. The van der Waals surface area contributed by atoms with E-state index in [9.17, 15) is 50.4 Å². The van der Waals surface area contributed by atoms with Gasteiger partial charge in [-0.25, -0.2) is 16.8 Å². The van der Waals surface area contributed by atoms with E-state index in [1.807, 2.05) is 0 Å². The van der Waals surface area contributed by atoms with Gasteiger partial charge in [-0.05, 0) is 48.9 Å². The van der Waals surface area contributed by atoms with Gasteiger partial charge < -0.3 is 10.6 Å². The summed E-state index contributed by atoms with van der Waals surface area (Å²) in [5.74, 6) is -9.53. The molecule has 2 aromatic carbocycles. The van der Waals surface area contributed by atoms with Gasteiger partial charge in [0, 0.05) is 46.5 Å². The zero-order chi connectivity index (χ0) is 33.1. The first-order valence-corrected chi connectivity index (χ1v) is 18.3. The highest BCUT2D eigenvalue weighted by molar-refractivity contribution is 7.91. The molecule has 0 saturated carbocycles. The van der Waals surface area contributed by atoms with Crippen LogP contribution in [0.2, 0.25) is 0 Å². The van der Waals surface area contributed by atoms with Crippen LogP contribution in [0.3, 0.4) is 0 Å². The Morgan fingerprint density at radius 3 is 1.30 bits per heavy atom. The quantitative estimate of drug-likeness (QED) is 0.283. The van der Waals surface area contributed by atoms with E-state index in [2.05, 4.69) is 10.6 Å². The van der Waals surface area contributed by atoms with E-state index >= 15 is 0 Å². The fourth-order valence-electron chi connectivity index (χ4n) is 6.47. The maximum absolute atomic E-state index is 13.4. The summed E-state index contributed by atoms with van der Waals surface area (Å²) in [6.45, 7) is 0.00420. The monoisotopic (exact) mass is 668 g/mol. The van der Waals surface area contributed by atoms with Crippen molar-refractivity contribution in [1.82, 2.24) is 10.6 Å². The van der Waals surface area contributed by atoms with E-state index in [4.69, 9.17) is 0 Å². The van der Waals surface area contributed by atoms with Crippen LogP contribution in [0.1, 0.15) is 70.2 Å². The van der Waals surface area contributed by atoms with Crippen LogP contribution in [0, 0.1) is 23.7 Å². The lowest BCUT2D eigenvalue weighted by Gasteiger charge is -2.12. The number of amides is 2. The number of hydrogen-bond donors (Lipinski definition) is 2. The first-order chi connectivity index (χ1) is 21.7. The maximum Gasteiger partial charge on any atom is 0.238 e. The van der Waals surface area contributed by atoms with E-state index in [1.54, 1.807) is 0 Å². The van der Waals surface area contributed by atoms with Crippen LogP contribution in [0.5, 0.6) is 0 Å². The van der Waals surface area contributed by atoms with Crippen LogP contribution >= 0.6 is 0 Å². The molecule has 2 aliphatic heterocycles. The van der Waals surface area contributed by atoms with Gasteiger partial charge in [0.25, 0.3) is 0 Å². The van der Waals surface area contributed by atoms with Crippen LogP contribution in [-0.2, 0) is 29.3 Å². The van der Waals surface area contributed by atoms with Crippen molar-refractivity contribution in [3.8, 4) is 0 Å². The minimum absolute atomic E-state index is 0.00210. The SMILES string of the molecule is O=C(c1ccc2c(c1)C(=O)C(C(=O)NCC1CCS(=O)(=O)C1)C2=O)c1ccc2c(c1)C(=O)C(C(=O)NCC1CCS(=O)(=O)C1)C2=O. The fraction of sp³-hybridized carbons (Fsp3) is 0.387. The molecular formula is C31H28N2O11S2. The molecule has 0 bridgehead atoms. The zero-order valence-corrected chi connectivity index (χ0v) is 25.9. The Morgan fingerprint density at radius 1 is 0.587 bits per heavy atom. The molecule has 2 N–H and O–H groups in total. The molecule has 2 aliphatic carbocycles. The van der Waals surface area contributed by atoms with E-state index < -0.39 is 72.2 Å². The number of sulfone groups is 2. The Hall–Kier alpha value is -4.37. The van der Waals surface area contributed by atoms with E-state index in [1.165, 1.54) is 36.4 Å². The van der Waals surface area contributed by atoms with Crippen LogP contribution in [-0.4, -0.2) is 93.7 Å². The van der Waals surface area contributed by atoms with Gasteiger partial charge >= 0.3 is 0 Å². The third kappa shape index (κ3) is 5.73. The summed E-state index contributed by atoms with van der Waals surface area (Å²) in [6, 6.07) is 7.50. The molecule has 46 heavy (non-hydrogen) atoms. The summed E-state index contributed by atoms with van der Waals surface area (Å²) in [5.41, 5.74) is -0.366. The van der Waals surface area contributed by atoms with E-state index in [0.29, 0.717) is 12.8 Å². The number of rotatable bonds is 8. The summed E-state index contributed by atoms with van der Waals surface area (Å²) >= 11 is 0. The second-order valence-corrected chi connectivity index (χ2v) is 16.7. The smallest absolute Gasteiger partial charge is 0.238 e. The molecule has 4 atom stereocenters. The number of nitrogens with one attached hydrogen (secondary N) is 2. The van der Waals surface area contributed by atoms with Crippen molar-refractivity contribution in [2.45, 2.75) is 12.8 Å². The van der Waals surface area contributed by atoms with Crippen molar-refractivity contribution in [3.63, 3.8) is 0 Å². The molecule has 0 spiro atoms. The van der Waals surface area contributed by atoms with Gasteiger partial charge in [0.05, 0.1) is 23.0 Å². The normalized spacial score (nSPS) is 25.7. The second-order valence-electron chi connectivity index (χ2n) is 12.2. The molecule has 2 saturated heterocycles. The van der Waals surface area contributed by atoms with Crippen molar-refractivity contribution in [2.24, 2.45) is 23.7 Å². The van der Waals surface area contributed by atoms with Gasteiger partial charge in [0.15, 0.2) is 60.4 Å². The Labute approximate surface area is 263 Å². The summed E-state index contributed by atoms with van der Waals surface area (Å²) in [7, 11) is -6.35. The standard InChI is InChI=1S/C31H28N2O11S2/c34-25(17-1-3-19-21(9-17)28(37)23(26(19)35)30(39)32-11-15-5-7-45(41,42)13-15)18-2-4-20-22(10-18)29(38)24(27(20)36)31(40)33-12-16-6-8-46(43,44)14-16/h1-4,9-10,15-16,23-24H,5-8,11-14H2,(H,32,39)(H,33,40). The van der Waals surface area contributed by atoms with Crippen molar-refractivity contribution >= 4 is 60.4 Å². The highest BCUT2D eigenvalue weighted by Gasteiger charge is 2.45. The first-order valence-electron chi connectivity index (χ1n) is 14.6. The topological polar surface area (TPSA) is 212 Å². The number of carbonyl (C=O) groups is 7. The number of fused-ring (bicyclic) bond motifs is 2. The molecule has 2 amide bonds. The maximum atomic E-state index is 13.4. The number of hydrogen-bond acceptors (Lipinski definition) is 11. The summed E-state index contributed by atoms with van der Waals surface area (Å²) in [5, 5.41) is 5.01. The zero-order valence-electron chi connectivity index (χ0n) is 24.2. The largest absolute Gasteiger partial charge is 0.355 e. The Bertz CT molecular complexity index is 1860. The molecule has 13 nitrogen and oxygen atoms in total. The summed E-state index contributed by atoms with van der Waals surface area (Å²) in [4.78, 5) is 91.1. The van der Waals surface area contributed by atoms with Gasteiger partial charge in [-0.3, -0.25) is 33.6 Å². The Morgan fingerprint density at radius 2 is 0.957 bits per heavy atom. The Balaban J connectivity index is 1.14. The Kier molecular flexibility index (Phi) is 7.87. The van der Waals surface area contributed by atoms with Gasteiger partial charge in [0.2, 0.25) is 11.8 Å². The fourth-order valence-corrected chi connectivity index (χ4v) is 10.2. The van der Waals surface area contributed by atoms with Gasteiger partial charge in [0.1, 0.15) is 0 Å². The average Bonchev–Trinajstić information content (AvgIpc) is 3.70.